The van der Waals surface area contributed by atoms with Crippen molar-refractivity contribution < 1.29 is 0 Å². The number of hydrogen-bond donors (Lipinski definition) is 2. The van der Waals surface area contributed by atoms with Gasteiger partial charge in [0.25, 0.3) is 0 Å². The molecule has 5 nitrogen and oxygen atoms in total. The van der Waals surface area contributed by atoms with E-state index in [1.165, 1.54) is 0 Å². The van der Waals surface area contributed by atoms with Crippen LogP contribution in [0.15, 0.2) is 36.5 Å². The fraction of sp³-hybridized carbons (Fsp3) is 0.267. The van der Waals surface area contributed by atoms with E-state index in [1.54, 1.807) is 6.20 Å². The van der Waals surface area contributed by atoms with E-state index < -0.39 is 0 Å². The Morgan fingerprint density at radius 1 is 1.25 bits per heavy atom. The molecule has 5 heteroatoms. The standard InChI is InChI=1S/C15H19N5/c1-11-5-3-7-13(19-11)10-20(2)9-12-6-4-8-18-14(12)15(16)17/h3-8H,9-10H2,1-2H3,(H3,16,17). The van der Waals surface area contributed by atoms with Crippen LogP contribution < -0.4 is 5.73 Å². The van der Waals surface area contributed by atoms with Crippen molar-refractivity contribution in [3.8, 4) is 0 Å². The van der Waals surface area contributed by atoms with Gasteiger partial charge in [-0.05, 0) is 37.7 Å². The maximum absolute atomic E-state index is 7.55. The van der Waals surface area contributed by atoms with Crippen molar-refractivity contribution in [1.82, 2.24) is 14.9 Å². The van der Waals surface area contributed by atoms with Crippen LogP contribution in [0.5, 0.6) is 0 Å². The van der Waals surface area contributed by atoms with Crippen LogP contribution >= 0.6 is 0 Å². The third-order valence-electron chi connectivity index (χ3n) is 2.96. The van der Waals surface area contributed by atoms with E-state index >= 15 is 0 Å². The monoisotopic (exact) mass is 269 g/mol. The number of aromatic nitrogens is 2. The fourth-order valence-corrected chi connectivity index (χ4v) is 2.12. The van der Waals surface area contributed by atoms with Crippen molar-refractivity contribution in [3.05, 3.63) is 59.2 Å². The van der Waals surface area contributed by atoms with Gasteiger partial charge in [0, 0.05) is 25.0 Å². The number of nitrogens with one attached hydrogen (secondary N) is 1. The maximum atomic E-state index is 7.55. The van der Waals surface area contributed by atoms with Gasteiger partial charge in [0.2, 0.25) is 0 Å². The molecule has 0 aliphatic carbocycles. The first kappa shape index (κ1) is 14.1. The summed E-state index contributed by atoms with van der Waals surface area (Å²) in [7, 11) is 2.01. The minimum atomic E-state index is 0.00248. The molecule has 0 unspecified atom stereocenters. The second-order valence-electron chi connectivity index (χ2n) is 4.87. The van der Waals surface area contributed by atoms with Crippen LogP contribution in [-0.2, 0) is 13.1 Å². The first-order chi connectivity index (χ1) is 9.56. The molecule has 0 fully saturated rings. The molecule has 0 atom stereocenters. The summed E-state index contributed by atoms with van der Waals surface area (Å²) in [6.45, 7) is 3.41. The van der Waals surface area contributed by atoms with E-state index in [2.05, 4.69) is 14.9 Å². The third-order valence-corrected chi connectivity index (χ3v) is 2.96. The van der Waals surface area contributed by atoms with Crippen molar-refractivity contribution in [1.29, 1.82) is 5.41 Å². The highest BCUT2D eigenvalue weighted by molar-refractivity contribution is 5.94. The molecule has 0 aromatic carbocycles. The number of hydrogen-bond acceptors (Lipinski definition) is 4. The lowest BCUT2D eigenvalue weighted by atomic mass is 10.1. The van der Waals surface area contributed by atoms with Crippen LogP contribution in [-0.4, -0.2) is 27.8 Å². The molecular weight excluding hydrogens is 250 g/mol. The minimum absolute atomic E-state index is 0.00248. The van der Waals surface area contributed by atoms with Gasteiger partial charge in [-0.1, -0.05) is 12.1 Å². The van der Waals surface area contributed by atoms with E-state index in [-0.39, 0.29) is 5.84 Å². The molecule has 2 rings (SSSR count). The zero-order valence-electron chi connectivity index (χ0n) is 11.8. The first-order valence-corrected chi connectivity index (χ1v) is 6.45. The molecule has 0 aliphatic heterocycles. The molecule has 0 saturated heterocycles. The Bertz CT molecular complexity index is 609. The quantitative estimate of drug-likeness (QED) is 0.639. The van der Waals surface area contributed by atoms with E-state index in [0.717, 1.165) is 23.5 Å². The van der Waals surface area contributed by atoms with Crippen LogP contribution in [0.2, 0.25) is 0 Å². The van der Waals surface area contributed by atoms with Crippen molar-refractivity contribution in [3.63, 3.8) is 0 Å². The highest BCUT2D eigenvalue weighted by Gasteiger charge is 2.09. The zero-order valence-corrected chi connectivity index (χ0v) is 11.8. The second-order valence-corrected chi connectivity index (χ2v) is 4.87. The third kappa shape index (κ3) is 3.61. The molecule has 0 amide bonds. The Balaban J connectivity index is 2.08. The molecule has 0 aliphatic rings. The topological polar surface area (TPSA) is 78.9 Å². The number of amidine groups is 1. The summed E-state index contributed by atoms with van der Waals surface area (Å²) in [6, 6.07) is 9.82. The molecule has 20 heavy (non-hydrogen) atoms. The van der Waals surface area contributed by atoms with Gasteiger partial charge >= 0.3 is 0 Å². The van der Waals surface area contributed by atoms with Gasteiger partial charge in [-0.25, -0.2) is 0 Å². The largest absolute Gasteiger partial charge is 0.382 e. The number of nitrogens with two attached hydrogens (primary N) is 1. The number of rotatable bonds is 5. The normalized spacial score (nSPS) is 10.8. The van der Waals surface area contributed by atoms with Crippen molar-refractivity contribution in [2.75, 3.05) is 7.05 Å². The van der Waals surface area contributed by atoms with Gasteiger partial charge in [-0.15, -0.1) is 0 Å². The van der Waals surface area contributed by atoms with Gasteiger partial charge in [0.05, 0.1) is 5.69 Å². The zero-order chi connectivity index (χ0) is 14.5. The molecule has 2 heterocycles. The Labute approximate surface area is 119 Å². The van der Waals surface area contributed by atoms with E-state index in [0.29, 0.717) is 12.2 Å². The minimum Gasteiger partial charge on any atom is -0.382 e. The number of aryl methyl sites for hydroxylation is 1. The summed E-state index contributed by atoms with van der Waals surface area (Å²) in [5.41, 5.74) is 9.10. The van der Waals surface area contributed by atoms with Crippen LogP contribution in [0.1, 0.15) is 22.6 Å². The highest BCUT2D eigenvalue weighted by Crippen LogP contribution is 2.10. The summed E-state index contributed by atoms with van der Waals surface area (Å²) in [4.78, 5) is 10.8. The van der Waals surface area contributed by atoms with E-state index in [4.69, 9.17) is 11.1 Å². The number of nitrogens with zero attached hydrogens (tertiary/aromatic N) is 3. The molecule has 0 saturated carbocycles. The van der Waals surface area contributed by atoms with Crippen molar-refractivity contribution in [2.24, 2.45) is 5.73 Å². The molecule has 104 valence electrons. The predicted molar refractivity (Wildman–Crippen MR) is 79.4 cm³/mol. The summed E-state index contributed by atoms with van der Waals surface area (Å²) in [5, 5.41) is 7.55. The molecular formula is C15H19N5. The van der Waals surface area contributed by atoms with Crippen LogP contribution in [0, 0.1) is 12.3 Å². The van der Waals surface area contributed by atoms with Crippen LogP contribution in [0.4, 0.5) is 0 Å². The number of nitrogen functional groups attached to an aromatic ring is 1. The summed E-state index contributed by atoms with van der Waals surface area (Å²) in [6.07, 6.45) is 1.66. The maximum Gasteiger partial charge on any atom is 0.142 e. The smallest absolute Gasteiger partial charge is 0.142 e. The summed E-state index contributed by atoms with van der Waals surface area (Å²) in [5.74, 6) is 0.00248. The van der Waals surface area contributed by atoms with Crippen LogP contribution in [0.25, 0.3) is 0 Å². The predicted octanol–water partition coefficient (Wildman–Crippen LogP) is 1.70. The highest BCUT2D eigenvalue weighted by atomic mass is 15.1. The van der Waals surface area contributed by atoms with Crippen molar-refractivity contribution >= 4 is 5.84 Å². The fourth-order valence-electron chi connectivity index (χ4n) is 2.12. The second kappa shape index (κ2) is 6.25. The lowest BCUT2D eigenvalue weighted by molar-refractivity contribution is 0.314. The van der Waals surface area contributed by atoms with Gasteiger partial charge in [-0.2, -0.15) is 0 Å². The van der Waals surface area contributed by atoms with Gasteiger partial charge < -0.3 is 5.73 Å². The molecule has 2 aromatic rings. The van der Waals surface area contributed by atoms with Crippen molar-refractivity contribution in [2.45, 2.75) is 20.0 Å². The molecule has 2 aromatic heterocycles. The lowest BCUT2D eigenvalue weighted by Gasteiger charge is -2.17. The molecule has 0 spiro atoms. The Kier molecular flexibility index (Phi) is 4.42. The molecule has 3 N–H and O–H groups in total. The lowest BCUT2D eigenvalue weighted by Crippen LogP contribution is -2.22. The van der Waals surface area contributed by atoms with Crippen LogP contribution in [0.3, 0.4) is 0 Å². The van der Waals surface area contributed by atoms with Gasteiger partial charge in [-0.3, -0.25) is 20.3 Å². The molecule has 0 radical (unpaired) electrons. The van der Waals surface area contributed by atoms with Gasteiger partial charge in [0.15, 0.2) is 0 Å². The first-order valence-electron chi connectivity index (χ1n) is 6.45. The Morgan fingerprint density at radius 2 is 2.05 bits per heavy atom. The number of pyridine rings is 2. The summed E-state index contributed by atoms with van der Waals surface area (Å²) < 4.78 is 0. The average Bonchev–Trinajstić information content (AvgIpc) is 2.38. The molecule has 0 bridgehead atoms. The average molecular weight is 269 g/mol. The SMILES string of the molecule is Cc1cccc(CN(C)Cc2cccnc2C(=N)N)n1. The Morgan fingerprint density at radius 3 is 2.75 bits per heavy atom. The summed E-state index contributed by atoms with van der Waals surface area (Å²) >= 11 is 0. The van der Waals surface area contributed by atoms with Gasteiger partial charge in [0.1, 0.15) is 11.5 Å². The van der Waals surface area contributed by atoms with E-state index in [9.17, 15) is 0 Å². The Hall–Kier alpha value is -2.27. The van der Waals surface area contributed by atoms with E-state index in [1.807, 2.05) is 44.3 Å².